The summed E-state index contributed by atoms with van der Waals surface area (Å²) in [5, 5.41) is 6.51. The summed E-state index contributed by atoms with van der Waals surface area (Å²) in [5.74, 6) is 2.44. The Hall–Kier alpha value is -2.76. The van der Waals surface area contributed by atoms with Gasteiger partial charge in [-0.05, 0) is 49.2 Å². The summed E-state index contributed by atoms with van der Waals surface area (Å²) in [6.07, 6.45) is 4.52. The van der Waals surface area contributed by atoms with Crippen LogP contribution in [0.25, 0.3) is 0 Å². The van der Waals surface area contributed by atoms with Gasteiger partial charge >= 0.3 is 0 Å². The van der Waals surface area contributed by atoms with Crippen LogP contribution in [0.4, 0.5) is 0 Å². The van der Waals surface area contributed by atoms with Crippen molar-refractivity contribution in [1.82, 2.24) is 15.6 Å². The van der Waals surface area contributed by atoms with Crippen molar-refractivity contribution >= 4 is 5.96 Å². The summed E-state index contributed by atoms with van der Waals surface area (Å²) in [7, 11) is 1.65. The molecule has 25 heavy (non-hydrogen) atoms. The Bertz CT molecular complexity index is 630. The van der Waals surface area contributed by atoms with Gasteiger partial charge in [0.05, 0.1) is 13.7 Å². The van der Waals surface area contributed by atoms with Crippen molar-refractivity contribution in [2.75, 3.05) is 33.4 Å². The summed E-state index contributed by atoms with van der Waals surface area (Å²) in [6.45, 7) is 4.80. The molecule has 0 unspecified atom stereocenters. The molecule has 0 spiro atoms. The third-order valence-corrected chi connectivity index (χ3v) is 3.46. The second-order valence-electron chi connectivity index (χ2n) is 5.32. The molecule has 0 bridgehead atoms. The maximum Gasteiger partial charge on any atom is 0.191 e. The number of hydrogen-bond acceptors (Lipinski definition) is 4. The third-order valence-electron chi connectivity index (χ3n) is 3.46. The lowest BCUT2D eigenvalue weighted by Crippen LogP contribution is -2.39. The molecule has 2 N–H and O–H groups in total. The summed E-state index contributed by atoms with van der Waals surface area (Å²) < 4.78 is 10.8. The molecule has 0 saturated carbocycles. The number of methoxy groups -OCH3 is 1. The molecule has 1 aromatic carbocycles. The monoisotopic (exact) mass is 342 g/mol. The van der Waals surface area contributed by atoms with Crippen molar-refractivity contribution in [2.45, 2.75) is 13.3 Å². The van der Waals surface area contributed by atoms with Gasteiger partial charge in [-0.3, -0.25) is 9.98 Å². The van der Waals surface area contributed by atoms with Gasteiger partial charge in [0.2, 0.25) is 0 Å². The van der Waals surface area contributed by atoms with Gasteiger partial charge in [-0.1, -0.05) is 6.07 Å². The van der Waals surface area contributed by atoms with Gasteiger partial charge in [-0.15, -0.1) is 0 Å². The maximum atomic E-state index is 5.70. The maximum absolute atomic E-state index is 5.70. The number of rotatable bonds is 9. The number of benzene rings is 1. The molecule has 0 radical (unpaired) electrons. The number of nitrogens with zero attached hydrogens (tertiary/aromatic N) is 2. The smallest absolute Gasteiger partial charge is 0.191 e. The van der Waals surface area contributed by atoms with Crippen LogP contribution in [0.2, 0.25) is 0 Å². The van der Waals surface area contributed by atoms with Crippen LogP contribution >= 0.6 is 0 Å². The van der Waals surface area contributed by atoms with E-state index in [-0.39, 0.29) is 0 Å². The fourth-order valence-corrected chi connectivity index (χ4v) is 2.19. The molecule has 2 aromatic rings. The third kappa shape index (κ3) is 7.12. The van der Waals surface area contributed by atoms with E-state index in [1.807, 2.05) is 43.5 Å². The molecular weight excluding hydrogens is 316 g/mol. The van der Waals surface area contributed by atoms with Crippen LogP contribution in [0.15, 0.2) is 53.8 Å². The number of guanidine groups is 1. The van der Waals surface area contributed by atoms with Gasteiger partial charge < -0.3 is 20.1 Å². The molecule has 0 aliphatic rings. The SMILES string of the molecule is CCNC(=NCCc1cccnc1)NCCOc1ccc(OC)cc1. The molecule has 1 aromatic heterocycles. The van der Waals surface area contributed by atoms with E-state index in [9.17, 15) is 0 Å². The Kier molecular flexibility index (Phi) is 8.11. The van der Waals surface area contributed by atoms with Crippen LogP contribution < -0.4 is 20.1 Å². The first-order chi connectivity index (χ1) is 12.3. The Labute approximate surface area is 149 Å². The van der Waals surface area contributed by atoms with Crippen molar-refractivity contribution in [2.24, 2.45) is 4.99 Å². The number of hydrogen-bond donors (Lipinski definition) is 2. The lowest BCUT2D eigenvalue weighted by atomic mass is 10.2. The number of aliphatic imine (C=N–C) groups is 1. The summed E-state index contributed by atoms with van der Waals surface area (Å²) >= 11 is 0. The number of pyridine rings is 1. The molecule has 6 nitrogen and oxygen atoms in total. The van der Waals surface area contributed by atoms with Gasteiger partial charge in [0, 0.05) is 25.5 Å². The van der Waals surface area contributed by atoms with Gasteiger partial charge in [-0.2, -0.15) is 0 Å². The van der Waals surface area contributed by atoms with Crippen molar-refractivity contribution in [3.05, 3.63) is 54.4 Å². The largest absolute Gasteiger partial charge is 0.497 e. The molecule has 134 valence electrons. The van der Waals surface area contributed by atoms with Crippen LogP contribution in [0.5, 0.6) is 11.5 Å². The molecule has 0 amide bonds. The van der Waals surface area contributed by atoms with E-state index >= 15 is 0 Å². The van der Waals surface area contributed by atoms with E-state index in [0.29, 0.717) is 19.7 Å². The summed E-state index contributed by atoms with van der Waals surface area (Å²) in [6, 6.07) is 11.6. The minimum Gasteiger partial charge on any atom is -0.497 e. The summed E-state index contributed by atoms with van der Waals surface area (Å²) in [5.41, 5.74) is 1.19. The molecule has 1 heterocycles. The highest BCUT2D eigenvalue weighted by molar-refractivity contribution is 5.79. The standard InChI is InChI=1S/C19H26N4O2/c1-3-21-19(22-12-10-16-5-4-11-20-15-16)23-13-14-25-18-8-6-17(24-2)7-9-18/h4-9,11,15H,3,10,12-14H2,1-2H3,(H2,21,22,23). The molecule has 2 rings (SSSR count). The number of nitrogens with one attached hydrogen (secondary N) is 2. The molecule has 0 aliphatic carbocycles. The van der Waals surface area contributed by atoms with E-state index in [2.05, 4.69) is 26.7 Å². The zero-order chi connectivity index (χ0) is 17.7. The predicted molar refractivity (Wildman–Crippen MR) is 100 cm³/mol. The minimum atomic E-state index is 0.555. The molecule has 0 atom stereocenters. The van der Waals surface area contributed by atoms with Crippen molar-refractivity contribution in [3.63, 3.8) is 0 Å². The molecule has 6 heteroatoms. The lowest BCUT2D eigenvalue weighted by molar-refractivity contribution is 0.321. The normalized spacial score (nSPS) is 11.0. The van der Waals surface area contributed by atoms with E-state index < -0.39 is 0 Å². The molecule has 0 saturated heterocycles. The van der Waals surface area contributed by atoms with Gasteiger partial charge in [0.15, 0.2) is 5.96 Å². The zero-order valence-corrected chi connectivity index (χ0v) is 14.9. The molecular formula is C19H26N4O2. The Morgan fingerprint density at radius 1 is 1.12 bits per heavy atom. The topological polar surface area (TPSA) is 67.8 Å². The first kappa shape index (κ1) is 18.6. The minimum absolute atomic E-state index is 0.555. The van der Waals surface area contributed by atoms with E-state index in [0.717, 1.165) is 30.4 Å². The van der Waals surface area contributed by atoms with E-state index in [4.69, 9.17) is 9.47 Å². The van der Waals surface area contributed by atoms with Crippen LogP contribution in [0.3, 0.4) is 0 Å². The Morgan fingerprint density at radius 2 is 1.92 bits per heavy atom. The average molecular weight is 342 g/mol. The number of aromatic nitrogens is 1. The fraction of sp³-hybridized carbons (Fsp3) is 0.368. The van der Waals surface area contributed by atoms with Gasteiger partial charge in [0.25, 0.3) is 0 Å². The van der Waals surface area contributed by atoms with Crippen LogP contribution in [-0.2, 0) is 6.42 Å². The zero-order valence-electron chi connectivity index (χ0n) is 14.9. The van der Waals surface area contributed by atoms with Crippen molar-refractivity contribution < 1.29 is 9.47 Å². The van der Waals surface area contributed by atoms with Crippen molar-refractivity contribution in [3.8, 4) is 11.5 Å². The lowest BCUT2D eigenvalue weighted by Gasteiger charge is -2.12. The van der Waals surface area contributed by atoms with Crippen molar-refractivity contribution in [1.29, 1.82) is 0 Å². The first-order valence-electron chi connectivity index (χ1n) is 8.49. The molecule has 0 fully saturated rings. The van der Waals surface area contributed by atoms with Crippen LogP contribution in [0, 0.1) is 0 Å². The predicted octanol–water partition coefficient (Wildman–Crippen LogP) is 2.27. The highest BCUT2D eigenvalue weighted by atomic mass is 16.5. The van der Waals surface area contributed by atoms with Gasteiger partial charge in [0.1, 0.15) is 18.1 Å². The number of ether oxygens (including phenoxy) is 2. The fourth-order valence-electron chi connectivity index (χ4n) is 2.19. The van der Waals surface area contributed by atoms with Crippen LogP contribution in [0.1, 0.15) is 12.5 Å². The quantitative estimate of drug-likeness (QED) is 0.416. The Morgan fingerprint density at radius 3 is 2.60 bits per heavy atom. The molecule has 0 aliphatic heterocycles. The van der Waals surface area contributed by atoms with Crippen LogP contribution in [-0.4, -0.2) is 44.3 Å². The Balaban J connectivity index is 1.71. The van der Waals surface area contributed by atoms with E-state index in [1.54, 1.807) is 13.3 Å². The first-order valence-corrected chi connectivity index (χ1v) is 8.49. The highest BCUT2D eigenvalue weighted by Crippen LogP contribution is 2.16. The average Bonchev–Trinajstić information content (AvgIpc) is 2.66. The van der Waals surface area contributed by atoms with Gasteiger partial charge in [-0.25, -0.2) is 0 Å². The van der Waals surface area contributed by atoms with E-state index in [1.165, 1.54) is 5.56 Å². The second-order valence-corrected chi connectivity index (χ2v) is 5.32. The summed E-state index contributed by atoms with van der Waals surface area (Å²) in [4.78, 5) is 8.69. The highest BCUT2D eigenvalue weighted by Gasteiger charge is 1.99. The second kappa shape index (κ2) is 10.9.